The summed E-state index contributed by atoms with van der Waals surface area (Å²) < 4.78 is 22.8. The maximum absolute atomic E-state index is 12.1. The Balaban J connectivity index is 1.89. The van der Waals surface area contributed by atoms with Crippen LogP contribution in [-0.4, -0.2) is 23.7 Å². The van der Waals surface area contributed by atoms with Crippen molar-refractivity contribution in [2.24, 2.45) is 0 Å². The van der Waals surface area contributed by atoms with Gasteiger partial charge < -0.3 is 15.2 Å². The fraction of sp³-hybridized carbons (Fsp3) is 0.200. The van der Waals surface area contributed by atoms with Crippen LogP contribution in [0.25, 0.3) is 0 Å². The zero-order chi connectivity index (χ0) is 14.4. The number of methoxy groups -OCH3 is 1. The molecule has 1 atom stereocenters. The summed E-state index contributed by atoms with van der Waals surface area (Å²) in [6.45, 7) is 0.358. The lowest BCUT2D eigenvalue weighted by atomic mass is 10.3. The van der Waals surface area contributed by atoms with E-state index in [1.807, 2.05) is 24.3 Å². The molecule has 5 heteroatoms. The number of rotatable bonds is 6. The minimum Gasteiger partial charge on any atom is -0.493 e. The van der Waals surface area contributed by atoms with Crippen LogP contribution in [-0.2, 0) is 10.8 Å². The SMILES string of the molecule is COc1ccccc1OCCS(=O)c1ccc(N)cc1. The van der Waals surface area contributed by atoms with E-state index in [0.717, 1.165) is 4.90 Å². The molecule has 0 spiro atoms. The number of nitrogen functional groups attached to an aromatic ring is 1. The summed E-state index contributed by atoms with van der Waals surface area (Å²) in [5.74, 6) is 1.75. The lowest BCUT2D eigenvalue weighted by Crippen LogP contribution is -2.09. The first-order valence-electron chi connectivity index (χ1n) is 6.20. The van der Waals surface area contributed by atoms with E-state index in [2.05, 4.69) is 0 Å². The summed E-state index contributed by atoms with van der Waals surface area (Å²) in [5, 5.41) is 0. The fourth-order valence-electron chi connectivity index (χ4n) is 1.70. The van der Waals surface area contributed by atoms with Crippen molar-refractivity contribution >= 4 is 16.5 Å². The number of ether oxygens (including phenoxy) is 2. The van der Waals surface area contributed by atoms with Crippen molar-refractivity contribution in [2.75, 3.05) is 25.2 Å². The van der Waals surface area contributed by atoms with Crippen LogP contribution in [0.2, 0.25) is 0 Å². The van der Waals surface area contributed by atoms with Gasteiger partial charge in [-0.1, -0.05) is 12.1 Å². The van der Waals surface area contributed by atoms with Gasteiger partial charge in [-0.3, -0.25) is 4.21 Å². The largest absolute Gasteiger partial charge is 0.493 e. The third kappa shape index (κ3) is 3.74. The van der Waals surface area contributed by atoms with Crippen LogP contribution in [0.3, 0.4) is 0 Å². The molecule has 0 aliphatic rings. The minimum absolute atomic E-state index is 0.358. The molecule has 0 amide bonds. The molecule has 0 heterocycles. The number of para-hydroxylation sites is 2. The highest BCUT2D eigenvalue weighted by Gasteiger charge is 2.06. The van der Waals surface area contributed by atoms with Crippen molar-refractivity contribution in [1.82, 2.24) is 0 Å². The van der Waals surface area contributed by atoms with Gasteiger partial charge in [0.2, 0.25) is 0 Å². The number of anilines is 1. The summed E-state index contributed by atoms with van der Waals surface area (Å²) in [6.07, 6.45) is 0. The van der Waals surface area contributed by atoms with Crippen LogP contribution in [0, 0.1) is 0 Å². The van der Waals surface area contributed by atoms with Crippen LogP contribution in [0.15, 0.2) is 53.4 Å². The van der Waals surface area contributed by atoms with E-state index >= 15 is 0 Å². The van der Waals surface area contributed by atoms with Crippen LogP contribution in [0.5, 0.6) is 11.5 Å². The first-order valence-corrected chi connectivity index (χ1v) is 7.52. The van der Waals surface area contributed by atoms with E-state index in [1.54, 1.807) is 31.4 Å². The Morgan fingerprint density at radius 1 is 1.05 bits per heavy atom. The highest BCUT2D eigenvalue weighted by atomic mass is 32.2. The standard InChI is InChI=1S/C15H17NO3S/c1-18-14-4-2-3-5-15(14)19-10-11-20(17)13-8-6-12(16)7-9-13/h2-9H,10-11,16H2,1H3. The second-order valence-corrected chi connectivity index (χ2v) is 5.69. The second-order valence-electron chi connectivity index (χ2n) is 4.12. The molecule has 20 heavy (non-hydrogen) atoms. The van der Waals surface area contributed by atoms with Crippen LogP contribution in [0.1, 0.15) is 0 Å². The smallest absolute Gasteiger partial charge is 0.161 e. The molecular weight excluding hydrogens is 274 g/mol. The van der Waals surface area contributed by atoms with Crippen molar-refractivity contribution in [3.8, 4) is 11.5 Å². The van der Waals surface area contributed by atoms with E-state index in [1.165, 1.54) is 0 Å². The zero-order valence-electron chi connectivity index (χ0n) is 11.2. The molecule has 0 aliphatic heterocycles. The normalized spacial score (nSPS) is 11.8. The molecule has 0 bridgehead atoms. The fourth-order valence-corrected chi connectivity index (χ4v) is 2.61. The topological polar surface area (TPSA) is 61.5 Å². The summed E-state index contributed by atoms with van der Waals surface area (Å²) >= 11 is 0. The number of hydrogen-bond acceptors (Lipinski definition) is 4. The third-order valence-corrected chi connectivity index (χ3v) is 4.07. The van der Waals surface area contributed by atoms with Crippen LogP contribution < -0.4 is 15.2 Å². The molecule has 0 radical (unpaired) electrons. The van der Waals surface area contributed by atoms with Gasteiger partial charge in [0.25, 0.3) is 0 Å². The molecule has 0 aromatic heterocycles. The highest BCUT2D eigenvalue weighted by Crippen LogP contribution is 2.25. The van der Waals surface area contributed by atoms with Gasteiger partial charge in [0.1, 0.15) is 6.61 Å². The first kappa shape index (κ1) is 14.4. The first-order chi connectivity index (χ1) is 9.70. The minimum atomic E-state index is -1.10. The average molecular weight is 291 g/mol. The van der Waals surface area contributed by atoms with Gasteiger partial charge in [-0.15, -0.1) is 0 Å². The second kappa shape index (κ2) is 6.96. The van der Waals surface area contributed by atoms with Gasteiger partial charge in [-0.05, 0) is 36.4 Å². The van der Waals surface area contributed by atoms with Gasteiger partial charge in [-0.25, -0.2) is 0 Å². The molecule has 0 fully saturated rings. The highest BCUT2D eigenvalue weighted by molar-refractivity contribution is 7.85. The summed E-state index contributed by atoms with van der Waals surface area (Å²) in [6, 6.07) is 14.4. The van der Waals surface area contributed by atoms with E-state index < -0.39 is 10.8 Å². The number of benzene rings is 2. The molecule has 2 N–H and O–H groups in total. The summed E-state index contributed by atoms with van der Waals surface area (Å²) in [5.41, 5.74) is 6.26. The molecule has 4 nitrogen and oxygen atoms in total. The predicted octanol–water partition coefficient (Wildman–Crippen LogP) is 2.46. The molecule has 0 saturated heterocycles. The van der Waals surface area contributed by atoms with Crippen molar-refractivity contribution in [3.63, 3.8) is 0 Å². The molecule has 2 aromatic carbocycles. The lowest BCUT2D eigenvalue weighted by molar-refractivity contribution is 0.313. The molecular formula is C15H17NO3S. The van der Waals surface area contributed by atoms with Crippen LogP contribution in [0.4, 0.5) is 5.69 Å². The van der Waals surface area contributed by atoms with Gasteiger partial charge >= 0.3 is 0 Å². The van der Waals surface area contributed by atoms with E-state index in [-0.39, 0.29) is 0 Å². The van der Waals surface area contributed by atoms with Gasteiger partial charge in [-0.2, -0.15) is 0 Å². The van der Waals surface area contributed by atoms with E-state index in [4.69, 9.17) is 15.2 Å². The van der Waals surface area contributed by atoms with Crippen molar-refractivity contribution in [3.05, 3.63) is 48.5 Å². The monoisotopic (exact) mass is 291 g/mol. The Bertz CT molecular complexity index is 584. The summed E-state index contributed by atoms with van der Waals surface area (Å²) in [7, 11) is 0.497. The molecule has 2 aromatic rings. The Kier molecular flexibility index (Phi) is 5.01. The zero-order valence-corrected chi connectivity index (χ0v) is 12.1. The average Bonchev–Trinajstić information content (AvgIpc) is 2.48. The molecule has 106 valence electrons. The molecule has 0 saturated carbocycles. The van der Waals surface area contributed by atoms with Crippen molar-refractivity contribution in [2.45, 2.75) is 4.90 Å². The lowest BCUT2D eigenvalue weighted by Gasteiger charge is -2.10. The predicted molar refractivity (Wildman–Crippen MR) is 80.6 cm³/mol. The Hall–Kier alpha value is -2.01. The Morgan fingerprint density at radius 3 is 2.35 bits per heavy atom. The molecule has 0 aliphatic carbocycles. The molecule has 1 unspecified atom stereocenters. The van der Waals surface area contributed by atoms with Gasteiger partial charge in [0.05, 0.1) is 23.7 Å². The van der Waals surface area contributed by atoms with E-state index in [0.29, 0.717) is 29.5 Å². The van der Waals surface area contributed by atoms with E-state index in [9.17, 15) is 4.21 Å². The third-order valence-electron chi connectivity index (χ3n) is 2.74. The van der Waals surface area contributed by atoms with Crippen LogP contribution >= 0.6 is 0 Å². The van der Waals surface area contributed by atoms with Gasteiger partial charge in [0, 0.05) is 10.6 Å². The Labute approximate surface area is 121 Å². The quantitative estimate of drug-likeness (QED) is 0.831. The Morgan fingerprint density at radius 2 is 1.70 bits per heavy atom. The van der Waals surface area contributed by atoms with Crippen molar-refractivity contribution < 1.29 is 13.7 Å². The summed E-state index contributed by atoms with van der Waals surface area (Å²) in [4.78, 5) is 0.753. The van der Waals surface area contributed by atoms with Crippen molar-refractivity contribution in [1.29, 1.82) is 0 Å². The number of hydrogen-bond donors (Lipinski definition) is 1. The maximum Gasteiger partial charge on any atom is 0.161 e. The van der Waals surface area contributed by atoms with Gasteiger partial charge in [0.15, 0.2) is 11.5 Å². The molecule has 2 rings (SSSR count). The number of nitrogens with two attached hydrogens (primary N) is 1. The maximum atomic E-state index is 12.1.